The molecule has 0 atom stereocenters. The van der Waals surface area contributed by atoms with E-state index in [0.29, 0.717) is 6.54 Å². The maximum atomic E-state index is 5.72. The van der Waals surface area contributed by atoms with Crippen LogP contribution >= 0.6 is 0 Å². The molecule has 1 saturated carbocycles. The second-order valence-electron chi connectivity index (χ2n) is 4.03. The van der Waals surface area contributed by atoms with Crippen molar-refractivity contribution in [3.05, 3.63) is 29.8 Å². The number of nitrogens with two attached hydrogens (primary N) is 1. The summed E-state index contributed by atoms with van der Waals surface area (Å²) in [7, 11) is 2.18. The Labute approximate surface area is 85.7 Å². The zero-order valence-electron chi connectivity index (χ0n) is 8.74. The predicted molar refractivity (Wildman–Crippen MR) is 60.4 cm³/mol. The molecule has 0 saturated heterocycles. The number of anilines is 1. The zero-order valence-corrected chi connectivity index (χ0v) is 8.74. The second kappa shape index (κ2) is 4.01. The molecule has 1 aliphatic carbocycles. The Morgan fingerprint density at radius 3 is 2.64 bits per heavy atom. The van der Waals surface area contributed by atoms with Gasteiger partial charge in [0.15, 0.2) is 0 Å². The number of hydrogen-bond acceptors (Lipinski definition) is 2. The van der Waals surface area contributed by atoms with Crippen molar-refractivity contribution in [2.45, 2.75) is 31.8 Å². The van der Waals surface area contributed by atoms with Gasteiger partial charge < -0.3 is 10.6 Å². The molecule has 1 aliphatic rings. The van der Waals surface area contributed by atoms with Crippen LogP contribution in [0.5, 0.6) is 0 Å². The van der Waals surface area contributed by atoms with Gasteiger partial charge in [0.25, 0.3) is 0 Å². The lowest BCUT2D eigenvalue weighted by molar-refractivity contribution is 0.400. The van der Waals surface area contributed by atoms with Crippen molar-refractivity contribution in [1.29, 1.82) is 0 Å². The molecule has 1 aromatic carbocycles. The molecule has 0 unspecified atom stereocenters. The molecule has 0 heterocycles. The van der Waals surface area contributed by atoms with Gasteiger partial charge in [-0.1, -0.05) is 18.2 Å². The smallest absolute Gasteiger partial charge is 0.0411 e. The van der Waals surface area contributed by atoms with Crippen molar-refractivity contribution in [3.8, 4) is 0 Å². The van der Waals surface area contributed by atoms with E-state index in [1.54, 1.807) is 0 Å². The molecule has 1 aromatic rings. The predicted octanol–water partition coefficient (Wildman–Crippen LogP) is 2.13. The third-order valence-electron chi connectivity index (χ3n) is 3.21. The van der Waals surface area contributed by atoms with E-state index in [-0.39, 0.29) is 0 Å². The average molecular weight is 190 g/mol. The number of para-hydroxylation sites is 1. The van der Waals surface area contributed by atoms with E-state index in [1.807, 2.05) is 0 Å². The van der Waals surface area contributed by atoms with E-state index < -0.39 is 0 Å². The Morgan fingerprint density at radius 2 is 2.07 bits per heavy atom. The van der Waals surface area contributed by atoms with Crippen molar-refractivity contribution in [3.63, 3.8) is 0 Å². The SMILES string of the molecule is CN(c1ccccc1CN)C1CCC1. The maximum Gasteiger partial charge on any atom is 0.0411 e. The Hall–Kier alpha value is -1.02. The Bertz CT molecular complexity index is 305. The lowest BCUT2D eigenvalue weighted by atomic mass is 9.91. The maximum absolute atomic E-state index is 5.72. The highest BCUT2D eigenvalue weighted by Gasteiger charge is 2.23. The van der Waals surface area contributed by atoms with Crippen LogP contribution in [-0.4, -0.2) is 13.1 Å². The minimum atomic E-state index is 0.632. The summed E-state index contributed by atoms with van der Waals surface area (Å²) in [5, 5.41) is 0. The van der Waals surface area contributed by atoms with Crippen molar-refractivity contribution in [2.75, 3.05) is 11.9 Å². The molecular formula is C12H18N2. The Morgan fingerprint density at radius 1 is 1.36 bits per heavy atom. The van der Waals surface area contributed by atoms with E-state index in [1.165, 1.54) is 30.5 Å². The molecule has 0 amide bonds. The van der Waals surface area contributed by atoms with Crippen molar-refractivity contribution in [2.24, 2.45) is 5.73 Å². The first-order valence-electron chi connectivity index (χ1n) is 5.33. The summed E-state index contributed by atoms with van der Waals surface area (Å²) < 4.78 is 0. The highest BCUT2D eigenvalue weighted by molar-refractivity contribution is 5.54. The quantitative estimate of drug-likeness (QED) is 0.791. The van der Waals surface area contributed by atoms with Gasteiger partial charge in [0.1, 0.15) is 0 Å². The summed E-state index contributed by atoms with van der Waals surface area (Å²) >= 11 is 0. The highest BCUT2D eigenvalue weighted by atomic mass is 15.1. The van der Waals surface area contributed by atoms with Crippen LogP contribution in [0.2, 0.25) is 0 Å². The minimum Gasteiger partial charge on any atom is -0.371 e. The molecule has 2 N–H and O–H groups in total. The topological polar surface area (TPSA) is 29.3 Å². The lowest BCUT2D eigenvalue weighted by Crippen LogP contribution is -2.37. The van der Waals surface area contributed by atoms with Crippen LogP contribution in [0.1, 0.15) is 24.8 Å². The van der Waals surface area contributed by atoms with Gasteiger partial charge >= 0.3 is 0 Å². The van der Waals surface area contributed by atoms with E-state index >= 15 is 0 Å². The minimum absolute atomic E-state index is 0.632. The molecule has 76 valence electrons. The monoisotopic (exact) mass is 190 g/mol. The van der Waals surface area contributed by atoms with Gasteiger partial charge in [0, 0.05) is 25.3 Å². The Kier molecular flexibility index (Phi) is 2.73. The fourth-order valence-corrected chi connectivity index (χ4v) is 2.00. The van der Waals surface area contributed by atoms with Gasteiger partial charge in [0.05, 0.1) is 0 Å². The normalized spacial score (nSPS) is 16.4. The summed E-state index contributed by atoms with van der Waals surface area (Å²) in [5.74, 6) is 0. The van der Waals surface area contributed by atoms with Gasteiger partial charge in [-0.15, -0.1) is 0 Å². The standard InChI is InChI=1S/C12H18N2/c1-14(11-6-4-7-11)12-8-3-2-5-10(12)9-13/h2-3,5,8,11H,4,6-7,9,13H2,1H3. The fraction of sp³-hybridized carbons (Fsp3) is 0.500. The first kappa shape index (κ1) is 9.53. The summed E-state index contributed by atoms with van der Waals surface area (Å²) in [4.78, 5) is 2.38. The van der Waals surface area contributed by atoms with Gasteiger partial charge in [-0.2, -0.15) is 0 Å². The molecular weight excluding hydrogens is 172 g/mol. The van der Waals surface area contributed by atoms with Gasteiger partial charge in [-0.05, 0) is 30.9 Å². The van der Waals surface area contributed by atoms with Gasteiger partial charge in [-0.25, -0.2) is 0 Å². The summed E-state index contributed by atoms with van der Waals surface area (Å²) in [6.07, 6.45) is 4.03. The van der Waals surface area contributed by atoms with Crippen LogP contribution in [0.3, 0.4) is 0 Å². The number of benzene rings is 1. The van der Waals surface area contributed by atoms with Crippen LogP contribution < -0.4 is 10.6 Å². The second-order valence-corrected chi connectivity index (χ2v) is 4.03. The molecule has 0 bridgehead atoms. The third kappa shape index (κ3) is 1.62. The molecule has 0 radical (unpaired) electrons. The molecule has 14 heavy (non-hydrogen) atoms. The lowest BCUT2D eigenvalue weighted by Gasteiger charge is -2.37. The van der Waals surface area contributed by atoms with Crippen LogP contribution in [-0.2, 0) is 6.54 Å². The average Bonchev–Trinajstić information content (AvgIpc) is 2.15. The molecule has 0 aromatic heterocycles. The summed E-state index contributed by atoms with van der Waals surface area (Å²) in [6.45, 7) is 0.632. The summed E-state index contributed by atoms with van der Waals surface area (Å²) in [5.41, 5.74) is 8.28. The van der Waals surface area contributed by atoms with Gasteiger partial charge in [-0.3, -0.25) is 0 Å². The summed E-state index contributed by atoms with van der Waals surface area (Å²) in [6, 6.07) is 9.16. The van der Waals surface area contributed by atoms with E-state index in [9.17, 15) is 0 Å². The fourth-order valence-electron chi connectivity index (χ4n) is 2.00. The van der Waals surface area contributed by atoms with Crippen LogP contribution in [0.15, 0.2) is 24.3 Å². The first-order chi connectivity index (χ1) is 6.83. The van der Waals surface area contributed by atoms with Crippen LogP contribution in [0.4, 0.5) is 5.69 Å². The molecule has 2 rings (SSSR count). The number of rotatable bonds is 3. The van der Waals surface area contributed by atoms with Gasteiger partial charge in [0.2, 0.25) is 0 Å². The Balaban J connectivity index is 2.20. The zero-order chi connectivity index (χ0) is 9.97. The van der Waals surface area contributed by atoms with Crippen molar-refractivity contribution >= 4 is 5.69 Å². The number of hydrogen-bond donors (Lipinski definition) is 1. The molecule has 2 heteroatoms. The molecule has 0 spiro atoms. The van der Waals surface area contributed by atoms with E-state index in [0.717, 1.165) is 6.04 Å². The van der Waals surface area contributed by atoms with E-state index in [2.05, 4.69) is 36.2 Å². The van der Waals surface area contributed by atoms with Crippen LogP contribution in [0.25, 0.3) is 0 Å². The number of nitrogens with zero attached hydrogens (tertiary/aromatic N) is 1. The highest BCUT2D eigenvalue weighted by Crippen LogP contribution is 2.29. The molecule has 1 fully saturated rings. The third-order valence-corrected chi connectivity index (χ3v) is 3.21. The van der Waals surface area contributed by atoms with Crippen molar-refractivity contribution < 1.29 is 0 Å². The van der Waals surface area contributed by atoms with Crippen LogP contribution in [0, 0.1) is 0 Å². The molecule has 0 aliphatic heterocycles. The van der Waals surface area contributed by atoms with Crippen molar-refractivity contribution in [1.82, 2.24) is 0 Å². The first-order valence-corrected chi connectivity index (χ1v) is 5.33. The molecule has 2 nitrogen and oxygen atoms in total. The van der Waals surface area contributed by atoms with E-state index in [4.69, 9.17) is 5.73 Å². The largest absolute Gasteiger partial charge is 0.371 e.